The van der Waals surface area contributed by atoms with E-state index in [4.69, 9.17) is 0 Å². The zero-order valence-electron chi connectivity index (χ0n) is 12.7. The lowest BCUT2D eigenvalue weighted by Gasteiger charge is -2.36. The molecule has 1 saturated heterocycles. The van der Waals surface area contributed by atoms with Crippen molar-refractivity contribution in [2.24, 2.45) is 0 Å². The second-order valence-corrected chi connectivity index (χ2v) is 6.47. The molecule has 1 aliphatic rings. The Bertz CT molecular complexity index is 685. The molecule has 0 N–H and O–H groups in total. The van der Waals surface area contributed by atoms with Crippen molar-refractivity contribution >= 4 is 27.3 Å². The number of hydrogen-bond acceptors (Lipinski definition) is 4. The highest BCUT2D eigenvalue weighted by Crippen LogP contribution is 2.36. The predicted octanol–water partition coefficient (Wildman–Crippen LogP) is 3.68. The van der Waals surface area contributed by atoms with Gasteiger partial charge in [-0.1, -0.05) is 36.4 Å². The summed E-state index contributed by atoms with van der Waals surface area (Å²) in [6.45, 7) is 4.29. The van der Waals surface area contributed by atoms with E-state index in [0.717, 1.165) is 37.2 Å². The SMILES string of the molecule is O=[N+]([O-])c1cccc(Br)c1N1CCN(Cc2ccccc2)CC1. The highest BCUT2D eigenvalue weighted by molar-refractivity contribution is 9.10. The molecule has 2 aromatic rings. The molecule has 1 aliphatic heterocycles. The van der Waals surface area contributed by atoms with Crippen LogP contribution in [0, 0.1) is 10.1 Å². The van der Waals surface area contributed by atoms with Crippen LogP contribution in [0.3, 0.4) is 0 Å². The first-order valence-corrected chi connectivity index (χ1v) is 8.38. The Kier molecular flexibility index (Phi) is 4.93. The van der Waals surface area contributed by atoms with Crippen LogP contribution in [0.25, 0.3) is 0 Å². The summed E-state index contributed by atoms with van der Waals surface area (Å²) >= 11 is 3.46. The Labute approximate surface area is 143 Å². The van der Waals surface area contributed by atoms with Gasteiger partial charge in [0.25, 0.3) is 5.69 Å². The summed E-state index contributed by atoms with van der Waals surface area (Å²) < 4.78 is 0.781. The Morgan fingerprint density at radius 1 is 1.00 bits per heavy atom. The monoisotopic (exact) mass is 375 g/mol. The summed E-state index contributed by atoms with van der Waals surface area (Å²) in [6, 6.07) is 15.5. The van der Waals surface area contributed by atoms with Crippen LogP contribution >= 0.6 is 15.9 Å². The van der Waals surface area contributed by atoms with Crippen LogP contribution in [0.4, 0.5) is 11.4 Å². The molecule has 0 amide bonds. The second-order valence-electron chi connectivity index (χ2n) is 5.61. The molecule has 0 aromatic heterocycles. The van der Waals surface area contributed by atoms with E-state index in [0.29, 0.717) is 5.69 Å². The van der Waals surface area contributed by atoms with Crippen molar-refractivity contribution in [1.82, 2.24) is 4.90 Å². The summed E-state index contributed by atoms with van der Waals surface area (Å²) in [5, 5.41) is 11.3. The fourth-order valence-electron chi connectivity index (χ4n) is 2.94. The van der Waals surface area contributed by atoms with Crippen LogP contribution in [0.2, 0.25) is 0 Å². The smallest absolute Gasteiger partial charge is 0.293 e. The number of halogens is 1. The van der Waals surface area contributed by atoms with Gasteiger partial charge >= 0.3 is 0 Å². The van der Waals surface area contributed by atoms with Crippen molar-refractivity contribution in [2.75, 3.05) is 31.1 Å². The van der Waals surface area contributed by atoms with E-state index in [-0.39, 0.29) is 10.6 Å². The van der Waals surface area contributed by atoms with Crippen LogP contribution in [-0.4, -0.2) is 36.0 Å². The third-order valence-corrected chi connectivity index (χ3v) is 4.74. The normalized spacial score (nSPS) is 15.6. The number of benzene rings is 2. The first-order chi connectivity index (χ1) is 11.1. The Morgan fingerprint density at radius 3 is 2.35 bits per heavy atom. The molecule has 5 nitrogen and oxygen atoms in total. The van der Waals surface area contributed by atoms with Crippen molar-refractivity contribution < 1.29 is 4.92 Å². The quantitative estimate of drug-likeness (QED) is 0.604. The fraction of sp³-hybridized carbons (Fsp3) is 0.294. The van der Waals surface area contributed by atoms with E-state index in [1.165, 1.54) is 5.56 Å². The summed E-state index contributed by atoms with van der Waals surface area (Å²) in [5.41, 5.74) is 2.15. The van der Waals surface area contributed by atoms with Crippen LogP contribution < -0.4 is 4.90 Å². The zero-order chi connectivity index (χ0) is 16.2. The molecule has 0 atom stereocenters. The molecular formula is C17H18BrN3O2. The lowest BCUT2D eigenvalue weighted by molar-refractivity contribution is -0.384. The van der Waals surface area contributed by atoms with Crippen molar-refractivity contribution in [3.05, 3.63) is 68.7 Å². The highest BCUT2D eigenvalue weighted by atomic mass is 79.9. The minimum atomic E-state index is -0.309. The molecule has 0 aliphatic carbocycles. The van der Waals surface area contributed by atoms with Crippen LogP contribution in [0.1, 0.15) is 5.56 Å². The maximum absolute atomic E-state index is 11.3. The zero-order valence-corrected chi connectivity index (χ0v) is 14.3. The van der Waals surface area contributed by atoms with E-state index in [1.807, 2.05) is 12.1 Å². The van der Waals surface area contributed by atoms with Gasteiger partial charge in [-0.05, 0) is 27.6 Å². The number of rotatable bonds is 4. The third-order valence-electron chi connectivity index (χ3n) is 4.10. The van der Waals surface area contributed by atoms with Gasteiger partial charge in [-0.25, -0.2) is 0 Å². The number of piperazine rings is 1. The lowest BCUT2D eigenvalue weighted by Crippen LogP contribution is -2.46. The van der Waals surface area contributed by atoms with Crippen molar-refractivity contribution in [3.8, 4) is 0 Å². The summed E-state index contributed by atoms with van der Waals surface area (Å²) in [4.78, 5) is 15.4. The summed E-state index contributed by atoms with van der Waals surface area (Å²) in [6.07, 6.45) is 0. The average Bonchev–Trinajstić information content (AvgIpc) is 2.56. The van der Waals surface area contributed by atoms with Crippen LogP contribution in [0.15, 0.2) is 53.0 Å². The van der Waals surface area contributed by atoms with Gasteiger partial charge in [-0.15, -0.1) is 0 Å². The molecule has 2 aromatic carbocycles. The molecule has 0 saturated carbocycles. The van der Waals surface area contributed by atoms with Gasteiger partial charge < -0.3 is 4.90 Å². The molecule has 6 heteroatoms. The largest absolute Gasteiger partial charge is 0.362 e. The number of nitrogens with zero attached hydrogens (tertiary/aromatic N) is 3. The lowest BCUT2D eigenvalue weighted by atomic mass is 10.2. The molecule has 3 rings (SSSR count). The molecule has 0 radical (unpaired) electrons. The van der Waals surface area contributed by atoms with Crippen molar-refractivity contribution in [3.63, 3.8) is 0 Å². The van der Waals surface area contributed by atoms with E-state index in [2.05, 4.69) is 50.0 Å². The van der Waals surface area contributed by atoms with Crippen LogP contribution in [-0.2, 0) is 6.54 Å². The molecule has 120 valence electrons. The Hall–Kier alpha value is -1.92. The number of anilines is 1. The Balaban J connectivity index is 1.69. The van der Waals surface area contributed by atoms with E-state index in [1.54, 1.807) is 12.1 Å². The fourth-order valence-corrected chi connectivity index (χ4v) is 3.54. The molecule has 0 unspecified atom stereocenters. The summed E-state index contributed by atoms with van der Waals surface area (Å²) in [5.74, 6) is 0. The molecule has 1 heterocycles. The third kappa shape index (κ3) is 3.71. The maximum atomic E-state index is 11.3. The number of nitro groups is 1. The van der Waals surface area contributed by atoms with E-state index in [9.17, 15) is 10.1 Å². The molecule has 0 bridgehead atoms. The van der Waals surface area contributed by atoms with Gasteiger partial charge in [-0.3, -0.25) is 15.0 Å². The minimum absolute atomic E-state index is 0.163. The van der Waals surface area contributed by atoms with E-state index < -0.39 is 0 Å². The van der Waals surface area contributed by atoms with E-state index >= 15 is 0 Å². The molecule has 23 heavy (non-hydrogen) atoms. The van der Waals surface area contributed by atoms with Crippen molar-refractivity contribution in [2.45, 2.75) is 6.54 Å². The maximum Gasteiger partial charge on any atom is 0.293 e. The van der Waals surface area contributed by atoms with Gasteiger partial charge in [-0.2, -0.15) is 0 Å². The van der Waals surface area contributed by atoms with Gasteiger partial charge in [0.05, 0.1) is 4.92 Å². The number of para-hydroxylation sites is 1. The number of hydrogen-bond donors (Lipinski definition) is 0. The van der Waals surface area contributed by atoms with Gasteiger partial charge in [0.15, 0.2) is 0 Å². The van der Waals surface area contributed by atoms with Crippen molar-refractivity contribution in [1.29, 1.82) is 0 Å². The summed E-state index contributed by atoms with van der Waals surface area (Å²) in [7, 11) is 0. The predicted molar refractivity (Wildman–Crippen MR) is 94.7 cm³/mol. The molecule has 0 spiro atoms. The number of nitro benzene ring substituents is 1. The average molecular weight is 376 g/mol. The van der Waals surface area contributed by atoms with Crippen LogP contribution in [0.5, 0.6) is 0 Å². The minimum Gasteiger partial charge on any atom is -0.362 e. The topological polar surface area (TPSA) is 49.6 Å². The standard InChI is InChI=1S/C17H18BrN3O2/c18-15-7-4-8-16(21(22)23)17(15)20-11-9-19(10-12-20)13-14-5-2-1-3-6-14/h1-8H,9-13H2. The van der Waals surface area contributed by atoms with Gasteiger partial charge in [0.2, 0.25) is 0 Å². The van der Waals surface area contributed by atoms with Gasteiger partial charge in [0.1, 0.15) is 5.69 Å². The second kappa shape index (κ2) is 7.10. The molecule has 1 fully saturated rings. The first kappa shape index (κ1) is 16.0. The first-order valence-electron chi connectivity index (χ1n) is 7.59. The Morgan fingerprint density at radius 2 is 1.70 bits per heavy atom. The van der Waals surface area contributed by atoms with Gasteiger partial charge in [0, 0.05) is 43.3 Å². The highest BCUT2D eigenvalue weighted by Gasteiger charge is 2.25. The molecular weight excluding hydrogens is 358 g/mol.